The van der Waals surface area contributed by atoms with E-state index < -0.39 is 21.7 Å². The lowest BCUT2D eigenvalue weighted by atomic mass is 10.2. The summed E-state index contributed by atoms with van der Waals surface area (Å²) in [5.41, 5.74) is 0.585. The summed E-state index contributed by atoms with van der Waals surface area (Å²) in [5.74, 6) is -1.01. The number of carbonyl (C=O) groups is 2. The van der Waals surface area contributed by atoms with Crippen molar-refractivity contribution in [3.05, 3.63) is 41.6 Å². The van der Waals surface area contributed by atoms with E-state index in [0.29, 0.717) is 17.7 Å². The van der Waals surface area contributed by atoms with Crippen LogP contribution in [0.3, 0.4) is 0 Å². The zero-order valence-corrected chi connectivity index (χ0v) is 15.0. The lowest BCUT2D eigenvalue weighted by molar-refractivity contribution is -0.112. The predicted molar refractivity (Wildman–Crippen MR) is 94.9 cm³/mol. The molecule has 1 amide bonds. The van der Waals surface area contributed by atoms with Crippen molar-refractivity contribution in [1.82, 2.24) is 5.32 Å². The van der Waals surface area contributed by atoms with Crippen LogP contribution in [0.2, 0.25) is 0 Å². The van der Waals surface area contributed by atoms with Crippen LogP contribution in [0.25, 0.3) is 0 Å². The minimum atomic E-state index is -3.05. The molecule has 1 saturated heterocycles. The summed E-state index contributed by atoms with van der Waals surface area (Å²) >= 11 is 0. The molecule has 0 saturated carbocycles. The van der Waals surface area contributed by atoms with Gasteiger partial charge in [0.25, 0.3) is 5.91 Å². The molecule has 26 heavy (non-hydrogen) atoms. The summed E-state index contributed by atoms with van der Waals surface area (Å²) in [6.45, 7) is 1.97. The molecule has 0 bridgehead atoms. The smallest absolute Gasteiger partial charge is 0.338 e. The molecule has 8 nitrogen and oxygen atoms in total. The quantitative estimate of drug-likeness (QED) is 0.430. The molecule has 0 aromatic heterocycles. The van der Waals surface area contributed by atoms with E-state index in [4.69, 9.17) is 10.00 Å². The first-order chi connectivity index (χ1) is 12.3. The number of sulfone groups is 1. The van der Waals surface area contributed by atoms with Gasteiger partial charge in [0.05, 0.1) is 23.7 Å². The van der Waals surface area contributed by atoms with Crippen molar-refractivity contribution < 1.29 is 22.7 Å². The summed E-state index contributed by atoms with van der Waals surface area (Å²) in [7, 11) is -3.05. The standard InChI is InChI=1S/C17H19N3O5S/c1-2-25-17(22)12-3-5-14(6-4-12)20-16(21)13(9-18)10-19-15-7-8-26(23,24)11-15/h3-6,10,15,19H,2,7-8,11H2,1H3,(H,20,21)/b13-10-. The third kappa shape index (κ3) is 5.32. The Kier molecular flexibility index (Phi) is 6.36. The largest absolute Gasteiger partial charge is 0.462 e. The molecule has 1 heterocycles. The summed E-state index contributed by atoms with van der Waals surface area (Å²) in [5, 5.41) is 14.5. The third-order valence-corrected chi connectivity index (χ3v) is 5.48. The van der Waals surface area contributed by atoms with Gasteiger partial charge in [-0.25, -0.2) is 13.2 Å². The van der Waals surface area contributed by atoms with Gasteiger partial charge in [-0.3, -0.25) is 4.79 Å². The van der Waals surface area contributed by atoms with Crippen LogP contribution in [-0.2, 0) is 19.4 Å². The normalized spacial score (nSPS) is 18.6. The molecule has 1 unspecified atom stereocenters. The SMILES string of the molecule is CCOC(=O)c1ccc(NC(=O)/C(C#N)=C\NC2CCS(=O)(=O)C2)cc1. The van der Waals surface area contributed by atoms with E-state index in [1.54, 1.807) is 13.0 Å². The number of esters is 1. The van der Waals surface area contributed by atoms with E-state index in [1.807, 2.05) is 0 Å². The molecule has 9 heteroatoms. The molecule has 1 aliphatic rings. The van der Waals surface area contributed by atoms with Gasteiger partial charge in [-0.1, -0.05) is 0 Å². The second-order valence-electron chi connectivity index (χ2n) is 5.69. The predicted octanol–water partition coefficient (Wildman–Crippen LogP) is 0.986. The highest BCUT2D eigenvalue weighted by atomic mass is 32.2. The lowest BCUT2D eigenvalue weighted by Gasteiger charge is -2.09. The van der Waals surface area contributed by atoms with Gasteiger partial charge in [-0.2, -0.15) is 5.26 Å². The van der Waals surface area contributed by atoms with Crippen molar-refractivity contribution in [3.63, 3.8) is 0 Å². The van der Waals surface area contributed by atoms with Crippen molar-refractivity contribution in [2.24, 2.45) is 0 Å². The number of amides is 1. The Balaban J connectivity index is 1.97. The Hall–Kier alpha value is -2.86. The maximum Gasteiger partial charge on any atom is 0.338 e. The number of carbonyl (C=O) groups excluding carboxylic acids is 2. The number of anilines is 1. The number of rotatable bonds is 6. The van der Waals surface area contributed by atoms with Crippen LogP contribution in [0, 0.1) is 11.3 Å². The minimum Gasteiger partial charge on any atom is -0.462 e. The van der Waals surface area contributed by atoms with Gasteiger partial charge in [0.15, 0.2) is 9.84 Å². The first kappa shape index (κ1) is 19.5. The van der Waals surface area contributed by atoms with Crippen molar-refractivity contribution in [2.45, 2.75) is 19.4 Å². The Morgan fingerprint density at radius 1 is 1.35 bits per heavy atom. The first-order valence-electron chi connectivity index (χ1n) is 8.00. The molecular weight excluding hydrogens is 358 g/mol. The summed E-state index contributed by atoms with van der Waals surface area (Å²) < 4.78 is 27.7. The molecule has 1 aromatic rings. The van der Waals surface area contributed by atoms with Crippen LogP contribution in [0.5, 0.6) is 0 Å². The zero-order chi connectivity index (χ0) is 19.2. The minimum absolute atomic E-state index is 0.0147. The number of ether oxygens (including phenoxy) is 1. The maximum absolute atomic E-state index is 12.1. The molecule has 0 aliphatic carbocycles. The Morgan fingerprint density at radius 3 is 2.58 bits per heavy atom. The van der Waals surface area contributed by atoms with E-state index in [9.17, 15) is 18.0 Å². The van der Waals surface area contributed by atoms with E-state index in [1.165, 1.54) is 30.5 Å². The molecular formula is C17H19N3O5S. The number of nitrogens with one attached hydrogen (secondary N) is 2. The van der Waals surface area contributed by atoms with Crippen LogP contribution >= 0.6 is 0 Å². The molecule has 1 aromatic carbocycles. The second-order valence-corrected chi connectivity index (χ2v) is 7.92. The number of benzene rings is 1. The first-order valence-corrected chi connectivity index (χ1v) is 9.82. The van der Waals surface area contributed by atoms with Crippen molar-refractivity contribution in [1.29, 1.82) is 5.26 Å². The highest BCUT2D eigenvalue weighted by molar-refractivity contribution is 7.91. The van der Waals surface area contributed by atoms with Crippen LogP contribution in [0.4, 0.5) is 5.69 Å². The molecule has 2 N–H and O–H groups in total. The van der Waals surface area contributed by atoms with Gasteiger partial charge in [0.1, 0.15) is 11.6 Å². The fourth-order valence-electron chi connectivity index (χ4n) is 2.38. The summed E-state index contributed by atoms with van der Waals surface area (Å²) in [6, 6.07) is 7.53. The average Bonchev–Trinajstić information content (AvgIpc) is 2.95. The lowest BCUT2D eigenvalue weighted by Crippen LogP contribution is -2.27. The number of nitriles is 1. The molecule has 1 fully saturated rings. The molecule has 2 rings (SSSR count). The van der Waals surface area contributed by atoms with E-state index >= 15 is 0 Å². The van der Waals surface area contributed by atoms with Crippen molar-refractivity contribution in [2.75, 3.05) is 23.4 Å². The zero-order valence-electron chi connectivity index (χ0n) is 14.2. The van der Waals surface area contributed by atoms with Crippen LogP contribution in [0.15, 0.2) is 36.0 Å². The molecule has 138 valence electrons. The van der Waals surface area contributed by atoms with Crippen molar-refractivity contribution >= 4 is 27.4 Å². The summed E-state index contributed by atoms with van der Waals surface area (Å²) in [4.78, 5) is 23.7. The average molecular weight is 377 g/mol. The molecule has 0 spiro atoms. The van der Waals surface area contributed by atoms with Gasteiger partial charge in [0, 0.05) is 17.9 Å². The topological polar surface area (TPSA) is 125 Å². The number of hydrogen-bond acceptors (Lipinski definition) is 7. The van der Waals surface area contributed by atoms with Gasteiger partial charge < -0.3 is 15.4 Å². The second kappa shape index (κ2) is 8.49. The van der Waals surface area contributed by atoms with E-state index in [0.717, 1.165) is 0 Å². The van der Waals surface area contributed by atoms with Gasteiger partial charge in [-0.15, -0.1) is 0 Å². The fraction of sp³-hybridized carbons (Fsp3) is 0.353. The third-order valence-electron chi connectivity index (χ3n) is 3.71. The molecule has 1 atom stereocenters. The summed E-state index contributed by atoms with van der Waals surface area (Å²) in [6.07, 6.45) is 1.67. The van der Waals surface area contributed by atoms with Crippen LogP contribution in [0.1, 0.15) is 23.7 Å². The maximum atomic E-state index is 12.1. The van der Waals surface area contributed by atoms with Crippen LogP contribution in [-0.4, -0.2) is 44.4 Å². The van der Waals surface area contributed by atoms with E-state index in [-0.39, 0.29) is 29.7 Å². The fourth-order valence-corrected chi connectivity index (χ4v) is 4.06. The van der Waals surface area contributed by atoms with E-state index in [2.05, 4.69) is 10.6 Å². The Labute approximate surface area is 151 Å². The Bertz CT molecular complexity index is 853. The highest BCUT2D eigenvalue weighted by Crippen LogP contribution is 2.13. The van der Waals surface area contributed by atoms with Gasteiger partial charge in [-0.05, 0) is 37.6 Å². The molecule has 0 radical (unpaired) electrons. The number of nitrogens with zero attached hydrogens (tertiary/aromatic N) is 1. The Morgan fingerprint density at radius 2 is 2.04 bits per heavy atom. The molecule has 1 aliphatic heterocycles. The highest BCUT2D eigenvalue weighted by Gasteiger charge is 2.27. The van der Waals surface area contributed by atoms with Gasteiger partial charge >= 0.3 is 5.97 Å². The van der Waals surface area contributed by atoms with Gasteiger partial charge in [0.2, 0.25) is 0 Å². The number of hydrogen-bond donors (Lipinski definition) is 2. The monoisotopic (exact) mass is 377 g/mol. The van der Waals surface area contributed by atoms with Crippen molar-refractivity contribution in [3.8, 4) is 6.07 Å². The van der Waals surface area contributed by atoms with Crippen LogP contribution < -0.4 is 10.6 Å².